The van der Waals surface area contributed by atoms with Crippen molar-refractivity contribution in [3.8, 4) is 17.4 Å². The lowest BCUT2D eigenvalue weighted by atomic mass is 9.98. The van der Waals surface area contributed by atoms with E-state index in [1.54, 1.807) is 13.2 Å². The predicted molar refractivity (Wildman–Crippen MR) is 78.0 cm³/mol. The number of hydrogen-bond acceptors (Lipinski definition) is 7. The van der Waals surface area contributed by atoms with Gasteiger partial charge in [0, 0.05) is 12.1 Å². The van der Waals surface area contributed by atoms with Gasteiger partial charge in [0.1, 0.15) is 12.0 Å². The van der Waals surface area contributed by atoms with Crippen molar-refractivity contribution in [2.24, 2.45) is 0 Å². The monoisotopic (exact) mass is 291 g/mol. The summed E-state index contributed by atoms with van der Waals surface area (Å²) in [6, 6.07) is 1.96. The molecule has 2 rings (SSSR count). The van der Waals surface area contributed by atoms with Gasteiger partial charge in [-0.25, -0.2) is 9.97 Å². The highest BCUT2D eigenvalue weighted by molar-refractivity contribution is 5.49. The van der Waals surface area contributed by atoms with Crippen molar-refractivity contribution in [1.29, 1.82) is 0 Å². The van der Waals surface area contributed by atoms with Gasteiger partial charge in [0.05, 0.1) is 13.0 Å². The minimum absolute atomic E-state index is 0.176. The van der Waals surface area contributed by atoms with Crippen LogP contribution in [0.1, 0.15) is 39.0 Å². The van der Waals surface area contributed by atoms with E-state index in [0.29, 0.717) is 23.3 Å². The molecule has 0 amide bonds. The van der Waals surface area contributed by atoms with E-state index in [1.807, 2.05) is 0 Å². The molecule has 0 saturated heterocycles. The van der Waals surface area contributed by atoms with Crippen molar-refractivity contribution in [2.45, 2.75) is 39.2 Å². The number of hydrogen-bond donors (Lipinski definition) is 1. The summed E-state index contributed by atoms with van der Waals surface area (Å²) in [6.07, 6.45) is 2.34. The van der Waals surface area contributed by atoms with Gasteiger partial charge in [0.25, 0.3) is 0 Å². The second-order valence-electron chi connectivity index (χ2n) is 4.76. The quantitative estimate of drug-likeness (QED) is 0.835. The normalized spacial score (nSPS) is 13.9. The Balaban J connectivity index is 2.23. The lowest BCUT2D eigenvalue weighted by molar-refractivity contribution is 0.318. The van der Waals surface area contributed by atoms with Crippen LogP contribution in [-0.4, -0.2) is 39.8 Å². The third kappa shape index (κ3) is 3.55. The fourth-order valence-corrected chi connectivity index (χ4v) is 2.27. The van der Waals surface area contributed by atoms with Gasteiger partial charge in [0.15, 0.2) is 0 Å². The van der Waals surface area contributed by atoms with Crippen LogP contribution in [0.15, 0.2) is 16.9 Å². The second-order valence-corrected chi connectivity index (χ2v) is 4.76. The first-order valence-corrected chi connectivity index (χ1v) is 7.12. The summed E-state index contributed by atoms with van der Waals surface area (Å²) in [5, 5.41) is 7.40. The molecule has 0 saturated carbocycles. The molecule has 2 heterocycles. The maximum absolute atomic E-state index is 5.41. The minimum atomic E-state index is 0.176. The van der Waals surface area contributed by atoms with Crippen LogP contribution in [0.4, 0.5) is 0 Å². The first-order valence-electron chi connectivity index (χ1n) is 7.12. The SMILES string of the molecule is CCNC(C)C(CC)c1nc(-c2cc(OC)ncn2)no1. The van der Waals surface area contributed by atoms with Crippen LogP contribution in [0.5, 0.6) is 5.88 Å². The van der Waals surface area contributed by atoms with Gasteiger partial charge in [-0.3, -0.25) is 0 Å². The Bertz CT molecular complexity index is 572. The molecule has 7 heteroatoms. The zero-order valence-corrected chi connectivity index (χ0v) is 12.8. The molecule has 1 N–H and O–H groups in total. The number of nitrogens with zero attached hydrogens (tertiary/aromatic N) is 4. The van der Waals surface area contributed by atoms with Crippen LogP contribution in [0.2, 0.25) is 0 Å². The lowest BCUT2D eigenvalue weighted by Gasteiger charge is -2.19. The Hall–Kier alpha value is -2.02. The van der Waals surface area contributed by atoms with Gasteiger partial charge in [-0.2, -0.15) is 4.98 Å². The standard InChI is InChI=1S/C14H21N5O2/c1-5-10(9(3)15-6-2)14-18-13(19-21-14)11-7-12(20-4)17-8-16-11/h7-10,15H,5-6H2,1-4H3. The Morgan fingerprint density at radius 2 is 2.14 bits per heavy atom. The first-order chi connectivity index (χ1) is 10.2. The predicted octanol–water partition coefficient (Wildman–Crippen LogP) is 2.03. The van der Waals surface area contributed by atoms with E-state index in [1.165, 1.54) is 6.33 Å². The first kappa shape index (κ1) is 15.4. The third-order valence-electron chi connectivity index (χ3n) is 3.41. The highest BCUT2D eigenvalue weighted by Crippen LogP contribution is 2.24. The van der Waals surface area contributed by atoms with E-state index < -0.39 is 0 Å². The van der Waals surface area contributed by atoms with Crippen LogP contribution >= 0.6 is 0 Å². The van der Waals surface area contributed by atoms with Gasteiger partial charge >= 0.3 is 0 Å². The fraction of sp³-hybridized carbons (Fsp3) is 0.571. The molecule has 0 aromatic carbocycles. The number of rotatable bonds is 7. The van der Waals surface area contributed by atoms with E-state index >= 15 is 0 Å². The highest BCUT2D eigenvalue weighted by Gasteiger charge is 2.23. The molecule has 0 aliphatic carbocycles. The van der Waals surface area contributed by atoms with Crippen LogP contribution in [-0.2, 0) is 0 Å². The van der Waals surface area contributed by atoms with Gasteiger partial charge in [-0.1, -0.05) is 19.0 Å². The molecule has 0 bridgehead atoms. The number of nitrogens with one attached hydrogen (secondary N) is 1. The van der Waals surface area contributed by atoms with Crippen LogP contribution in [0.25, 0.3) is 11.5 Å². The molecule has 2 aromatic rings. The van der Waals surface area contributed by atoms with Gasteiger partial charge < -0.3 is 14.6 Å². The van der Waals surface area contributed by atoms with Crippen molar-refractivity contribution >= 4 is 0 Å². The van der Waals surface area contributed by atoms with Crippen molar-refractivity contribution in [3.05, 3.63) is 18.3 Å². The van der Waals surface area contributed by atoms with Gasteiger partial charge in [-0.05, 0) is 19.9 Å². The molecule has 0 aliphatic rings. The van der Waals surface area contributed by atoms with E-state index in [-0.39, 0.29) is 12.0 Å². The summed E-state index contributed by atoms with van der Waals surface area (Å²) < 4.78 is 10.5. The maximum atomic E-state index is 5.41. The van der Waals surface area contributed by atoms with E-state index in [4.69, 9.17) is 9.26 Å². The highest BCUT2D eigenvalue weighted by atomic mass is 16.5. The smallest absolute Gasteiger partial charge is 0.231 e. The molecule has 7 nitrogen and oxygen atoms in total. The van der Waals surface area contributed by atoms with Crippen molar-refractivity contribution in [3.63, 3.8) is 0 Å². The molecule has 2 aromatic heterocycles. The van der Waals surface area contributed by atoms with Crippen LogP contribution in [0.3, 0.4) is 0 Å². The molecule has 0 fully saturated rings. The molecular formula is C14H21N5O2. The molecule has 21 heavy (non-hydrogen) atoms. The zero-order valence-electron chi connectivity index (χ0n) is 12.8. The Labute approximate surface area is 124 Å². The summed E-state index contributed by atoms with van der Waals surface area (Å²) in [5.41, 5.74) is 0.586. The summed E-state index contributed by atoms with van der Waals surface area (Å²) in [6.45, 7) is 7.21. The Kier molecular flexibility index (Phi) is 5.21. The minimum Gasteiger partial charge on any atom is -0.481 e. The second kappa shape index (κ2) is 7.12. The number of ether oxygens (including phenoxy) is 1. The topological polar surface area (TPSA) is 86.0 Å². The Morgan fingerprint density at radius 3 is 2.81 bits per heavy atom. The van der Waals surface area contributed by atoms with Crippen molar-refractivity contribution < 1.29 is 9.26 Å². The molecule has 0 aliphatic heterocycles. The van der Waals surface area contributed by atoms with Gasteiger partial charge in [0.2, 0.25) is 17.6 Å². The zero-order chi connectivity index (χ0) is 15.2. The average Bonchev–Trinajstić information content (AvgIpc) is 2.98. The average molecular weight is 291 g/mol. The van der Waals surface area contributed by atoms with Crippen molar-refractivity contribution in [1.82, 2.24) is 25.4 Å². The largest absolute Gasteiger partial charge is 0.481 e. The molecular weight excluding hydrogens is 270 g/mol. The number of likely N-dealkylation sites (N-methyl/N-ethyl adjacent to an activating group) is 1. The van der Waals surface area contributed by atoms with Gasteiger partial charge in [-0.15, -0.1) is 0 Å². The summed E-state index contributed by atoms with van der Waals surface area (Å²) >= 11 is 0. The van der Waals surface area contributed by atoms with Crippen molar-refractivity contribution in [2.75, 3.05) is 13.7 Å². The van der Waals surface area contributed by atoms with Crippen LogP contribution in [0, 0.1) is 0 Å². The molecule has 2 atom stereocenters. The fourth-order valence-electron chi connectivity index (χ4n) is 2.27. The third-order valence-corrected chi connectivity index (χ3v) is 3.41. The summed E-state index contributed by atoms with van der Waals surface area (Å²) in [5.74, 6) is 1.72. The van der Waals surface area contributed by atoms with Crippen LogP contribution < -0.4 is 10.1 Å². The van der Waals surface area contributed by atoms with E-state index in [0.717, 1.165) is 13.0 Å². The van der Waals surface area contributed by atoms with E-state index in [9.17, 15) is 0 Å². The molecule has 2 unspecified atom stereocenters. The summed E-state index contributed by atoms with van der Waals surface area (Å²) in [7, 11) is 1.55. The van der Waals surface area contributed by atoms with E-state index in [2.05, 4.69) is 46.2 Å². The maximum Gasteiger partial charge on any atom is 0.231 e. The number of aromatic nitrogens is 4. The lowest BCUT2D eigenvalue weighted by Crippen LogP contribution is -2.31. The molecule has 114 valence electrons. The summed E-state index contributed by atoms with van der Waals surface area (Å²) in [4.78, 5) is 12.6. The molecule has 0 radical (unpaired) electrons. The Morgan fingerprint density at radius 1 is 1.33 bits per heavy atom. The molecule has 0 spiro atoms. The number of methoxy groups -OCH3 is 1.